The summed E-state index contributed by atoms with van der Waals surface area (Å²) in [5.74, 6) is -1.85. The molecule has 31 heavy (non-hydrogen) atoms. The van der Waals surface area contributed by atoms with Crippen LogP contribution in [0.1, 0.15) is 29.7 Å². The molecule has 0 radical (unpaired) electrons. The quantitative estimate of drug-likeness (QED) is 0.664. The molecule has 0 spiro atoms. The number of ether oxygens (including phenoxy) is 1. The van der Waals surface area contributed by atoms with Crippen molar-refractivity contribution in [3.05, 3.63) is 76.2 Å². The highest BCUT2D eigenvalue weighted by atomic mass is 32.2. The Kier molecular flexibility index (Phi) is 6.45. The van der Waals surface area contributed by atoms with E-state index in [1.807, 2.05) is 6.92 Å². The van der Waals surface area contributed by atoms with E-state index in [9.17, 15) is 22.4 Å². The number of halogens is 1. The number of aryl methyl sites for hydroxylation is 2. The topological polar surface area (TPSA) is 102 Å². The SMILES string of the molecule is CCOC(=O)C1=C(CS(=O)(=O)c2ccc(C)c(C)c2)NC(=O)N[C@H]1c1ccc(F)cc1. The number of amides is 2. The van der Waals surface area contributed by atoms with Gasteiger partial charge in [0.1, 0.15) is 5.82 Å². The van der Waals surface area contributed by atoms with Crippen LogP contribution in [0.15, 0.2) is 58.6 Å². The number of nitrogens with one attached hydrogen (secondary N) is 2. The molecule has 2 N–H and O–H groups in total. The van der Waals surface area contributed by atoms with Crippen molar-refractivity contribution in [1.82, 2.24) is 10.6 Å². The number of urea groups is 1. The summed E-state index contributed by atoms with van der Waals surface area (Å²) in [6, 6.07) is 8.30. The van der Waals surface area contributed by atoms with Crippen LogP contribution in [0.3, 0.4) is 0 Å². The molecule has 0 saturated heterocycles. The van der Waals surface area contributed by atoms with Gasteiger partial charge < -0.3 is 15.4 Å². The van der Waals surface area contributed by atoms with Crippen LogP contribution >= 0.6 is 0 Å². The van der Waals surface area contributed by atoms with E-state index in [-0.39, 0.29) is 22.8 Å². The van der Waals surface area contributed by atoms with E-state index in [2.05, 4.69) is 10.6 Å². The number of benzene rings is 2. The molecule has 2 aromatic carbocycles. The molecule has 0 unspecified atom stereocenters. The maximum Gasteiger partial charge on any atom is 0.338 e. The molecule has 0 aliphatic carbocycles. The molecule has 0 bridgehead atoms. The second kappa shape index (κ2) is 8.89. The zero-order valence-electron chi connectivity index (χ0n) is 17.4. The van der Waals surface area contributed by atoms with E-state index in [0.29, 0.717) is 5.56 Å². The molecule has 1 aliphatic rings. The van der Waals surface area contributed by atoms with Gasteiger partial charge in [0.15, 0.2) is 9.84 Å². The monoisotopic (exact) mass is 446 g/mol. The van der Waals surface area contributed by atoms with Gasteiger partial charge in [0.2, 0.25) is 0 Å². The fraction of sp³-hybridized carbons (Fsp3) is 0.273. The van der Waals surface area contributed by atoms with Crippen molar-refractivity contribution in [3.63, 3.8) is 0 Å². The maximum absolute atomic E-state index is 13.4. The first-order chi connectivity index (χ1) is 14.6. The van der Waals surface area contributed by atoms with E-state index in [0.717, 1.165) is 11.1 Å². The molecule has 7 nitrogen and oxygen atoms in total. The molecule has 0 saturated carbocycles. The Balaban J connectivity index is 2.10. The van der Waals surface area contributed by atoms with E-state index >= 15 is 0 Å². The van der Waals surface area contributed by atoms with Crippen molar-refractivity contribution in [2.75, 3.05) is 12.4 Å². The molecule has 1 aliphatic heterocycles. The number of hydrogen-bond donors (Lipinski definition) is 2. The maximum atomic E-state index is 13.4. The van der Waals surface area contributed by atoms with Gasteiger partial charge in [-0.25, -0.2) is 22.4 Å². The Morgan fingerprint density at radius 1 is 1.10 bits per heavy atom. The summed E-state index contributed by atoms with van der Waals surface area (Å²) in [7, 11) is -3.88. The van der Waals surface area contributed by atoms with Crippen LogP contribution in [-0.4, -0.2) is 32.8 Å². The molecular weight excluding hydrogens is 423 g/mol. The fourth-order valence-corrected chi connectivity index (χ4v) is 4.67. The third kappa shape index (κ3) is 4.93. The first-order valence-corrected chi connectivity index (χ1v) is 11.3. The summed E-state index contributed by atoms with van der Waals surface area (Å²) in [4.78, 5) is 25.1. The summed E-state index contributed by atoms with van der Waals surface area (Å²) in [5, 5.41) is 5.03. The molecule has 2 aromatic rings. The van der Waals surface area contributed by atoms with Crippen LogP contribution in [0.25, 0.3) is 0 Å². The smallest absolute Gasteiger partial charge is 0.338 e. The highest BCUT2D eigenvalue weighted by molar-refractivity contribution is 7.91. The first-order valence-electron chi connectivity index (χ1n) is 9.65. The minimum atomic E-state index is -3.88. The number of esters is 1. The Bertz CT molecular complexity index is 1160. The molecule has 0 fully saturated rings. The van der Waals surface area contributed by atoms with Gasteiger partial charge in [0, 0.05) is 5.70 Å². The number of carbonyl (C=O) groups excluding carboxylic acids is 2. The number of carbonyl (C=O) groups is 2. The van der Waals surface area contributed by atoms with Crippen LogP contribution in [0.4, 0.5) is 9.18 Å². The van der Waals surface area contributed by atoms with E-state index in [1.54, 1.807) is 26.0 Å². The Morgan fingerprint density at radius 3 is 2.39 bits per heavy atom. The highest BCUT2D eigenvalue weighted by Crippen LogP contribution is 2.29. The summed E-state index contributed by atoms with van der Waals surface area (Å²) in [5.41, 5.74) is 2.05. The molecule has 9 heteroatoms. The van der Waals surface area contributed by atoms with Gasteiger partial charge in [-0.3, -0.25) is 0 Å². The van der Waals surface area contributed by atoms with Gasteiger partial charge in [-0.2, -0.15) is 0 Å². The lowest BCUT2D eigenvalue weighted by molar-refractivity contribution is -0.139. The van der Waals surface area contributed by atoms with Crippen LogP contribution in [0.2, 0.25) is 0 Å². The molecule has 0 aromatic heterocycles. The Morgan fingerprint density at radius 2 is 1.77 bits per heavy atom. The normalized spacial score (nSPS) is 16.5. The van der Waals surface area contributed by atoms with Gasteiger partial charge in [0.05, 0.1) is 28.9 Å². The van der Waals surface area contributed by atoms with Crippen molar-refractivity contribution in [2.24, 2.45) is 0 Å². The second-order valence-electron chi connectivity index (χ2n) is 7.20. The van der Waals surface area contributed by atoms with Crippen LogP contribution in [-0.2, 0) is 19.4 Å². The summed E-state index contributed by atoms with van der Waals surface area (Å²) in [6.45, 7) is 5.34. The lowest BCUT2D eigenvalue weighted by Crippen LogP contribution is -2.47. The third-order valence-corrected chi connectivity index (χ3v) is 6.67. The Labute approximate surface area is 180 Å². The average molecular weight is 447 g/mol. The van der Waals surface area contributed by atoms with Crippen molar-refractivity contribution in [2.45, 2.75) is 31.7 Å². The fourth-order valence-electron chi connectivity index (χ4n) is 3.27. The molecule has 1 heterocycles. The van der Waals surface area contributed by atoms with E-state index < -0.39 is 39.4 Å². The van der Waals surface area contributed by atoms with Gasteiger partial charge in [-0.05, 0) is 61.7 Å². The van der Waals surface area contributed by atoms with E-state index in [4.69, 9.17) is 4.74 Å². The van der Waals surface area contributed by atoms with Crippen molar-refractivity contribution in [1.29, 1.82) is 0 Å². The molecule has 164 valence electrons. The lowest BCUT2D eigenvalue weighted by Gasteiger charge is -2.29. The van der Waals surface area contributed by atoms with Crippen molar-refractivity contribution in [3.8, 4) is 0 Å². The largest absolute Gasteiger partial charge is 0.463 e. The average Bonchev–Trinajstić information content (AvgIpc) is 2.70. The summed E-state index contributed by atoms with van der Waals surface area (Å²) < 4.78 is 44.6. The molecule has 2 amide bonds. The van der Waals surface area contributed by atoms with Crippen LogP contribution < -0.4 is 10.6 Å². The zero-order chi connectivity index (χ0) is 22.8. The van der Waals surface area contributed by atoms with Gasteiger partial charge in [-0.15, -0.1) is 0 Å². The second-order valence-corrected chi connectivity index (χ2v) is 9.19. The van der Waals surface area contributed by atoms with Crippen molar-refractivity contribution < 1.29 is 27.1 Å². The number of hydrogen-bond acceptors (Lipinski definition) is 5. The summed E-state index contributed by atoms with van der Waals surface area (Å²) in [6.07, 6.45) is 0. The van der Waals surface area contributed by atoms with Gasteiger partial charge in [0.25, 0.3) is 0 Å². The minimum Gasteiger partial charge on any atom is -0.463 e. The summed E-state index contributed by atoms with van der Waals surface area (Å²) >= 11 is 0. The number of sulfone groups is 1. The molecule has 1 atom stereocenters. The number of rotatable bonds is 6. The Hall–Kier alpha value is -3.20. The molecule has 3 rings (SSSR count). The molecular formula is C22H23FN2O5S. The highest BCUT2D eigenvalue weighted by Gasteiger charge is 2.35. The zero-order valence-corrected chi connectivity index (χ0v) is 18.2. The van der Waals surface area contributed by atoms with Gasteiger partial charge >= 0.3 is 12.0 Å². The van der Waals surface area contributed by atoms with Gasteiger partial charge in [-0.1, -0.05) is 18.2 Å². The van der Waals surface area contributed by atoms with E-state index in [1.165, 1.54) is 30.3 Å². The van der Waals surface area contributed by atoms with Crippen LogP contribution in [0.5, 0.6) is 0 Å². The lowest BCUT2D eigenvalue weighted by atomic mass is 9.95. The predicted molar refractivity (Wildman–Crippen MR) is 112 cm³/mol. The first kappa shape index (κ1) is 22.5. The van der Waals surface area contributed by atoms with Crippen molar-refractivity contribution >= 4 is 21.8 Å². The minimum absolute atomic E-state index is 0.0412. The standard InChI is InChI=1S/C22H23FN2O5S/c1-4-30-21(26)19-18(12-31(28,29)17-10-5-13(2)14(3)11-17)24-22(27)25-20(19)15-6-8-16(23)9-7-15/h5-11,20H,4,12H2,1-3H3,(H2,24,25,27)/t20-/m0/s1. The van der Waals surface area contributed by atoms with Crippen LogP contribution in [0, 0.1) is 19.7 Å². The predicted octanol–water partition coefficient (Wildman–Crippen LogP) is 3.09. The third-order valence-electron chi connectivity index (χ3n) is 5.02.